The van der Waals surface area contributed by atoms with Gasteiger partial charge >= 0.3 is 0 Å². The van der Waals surface area contributed by atoms with Crippen molar-refractivity contribution in [1.82, 2.24) is 15.5 Å². The van der Waals surface area contributed by atoms with E-state index in [4.69, 9.17) is 9.47 Å². The van der Waals surface area contributed by atoms with Crippen molar-refractivity contribution in [2.24, 2.45) is 4.99 Å². The Hall–Kier alpha value is -2.31. The van der Waals surface area contributed by atoms with Gasteiger partial charge in [0.2, 0.25) is 0 Å². The SMILES string of the molecule is CN=C(NCCN(C)CCCOC)NCc1ccc2cc(OC)ccc2c1. The van der Waals surface area contributed by atoms with E-state index in [2.05, 4.69) is 57.9 Å². The van der Waals surface area contributed by atoms with Crippen LogP contribution in [0.5, 0.6) is 5.75 Å². The van der Waals surface area contributed by atoms with Crippen LogP contribution < -0.4 is 15.4 Å². The smallest absolute Gasteiger partial charge is 0.191 e. The molecule has 0 aliphatic carbocycles. The summed E-state index contributed by atoms with van der Waals surface area (Å²) in [5, 5.41) is 9.12. The lowest BCUT2D eigenvalue weighted by Crippen LogP contribution is -2.40. The van der Waals surface area contributed by atoms with E-state index in [-0.39, 0.29) is 0 Å². The van der Waals surface area contributed by atoms with Crippen LogP contribution in [0.25, 0.3) is 10.8 Å². The zero-order chi connectivity index (χ0) is 19.5. The number of methoxy groups -OCH3 is 2. The summed E-state index contributed by atoms with van der Waals surface area (Å²) >= 11 is 0. The van der Waals surface area contributed by atoms with Crippen molar-refractivity contribution in [3.05, 3.63) is 42.0 Å². The highest BCUT2D eigenvalue weighted by atomic mass is 16.5. The van der Waals surface area contributed by atoms with Gasteiger partial charge in [-0.25, -0.2) is 0 Å². The summed E-state index contributed by atoms with van der Waals surface area (Å²) in [5.41, 5.74) is 1.22. The Morgan fingerprint density at radius 3 is 2.56 bits per heavy atom. The van der Waals surface area contributed by atoms with Gasteiger partial charge in [0, 0.05) is 46.9 Å². The van der Waals surface area contributed by atoms with Crippen LogP contribution >= 0.6 is 0 Å². The molecule has 0 radical (unpaired) electrons. The third kappa shape index (κ3) is 7.07. The molecule has 0 bridgehead atoms. The minimum Gasteiger partial charge on any atom is -0.497 e. The van der Waals surface area contributed by atoms with Crippen LogP contribution in [0.4, 0.5) is 0 Å². The number of likely N-dealkylation sites (N-methyl/N-ethyl adjacent to an activating group) is 1. The van der Waals surface area contributed by atoms with Gasteiger partial charge in [-0.15, -0.1) is 0 Å². The molecule has 0 aromatic heterocycles. The summed E-state index contributed by atoms with van der Waals surface area (Å²) in [6.45, 7) is 4.37. The zero-order valence-electron chi connectivity index (χ0n) is 16.9. The van der Waals surface area contributed by atoms with Gasteiger partial charge in [-0.05, 0) is 48.0 Å². The third-order valence-electron chi connectivity index (χ3n) is 4.47. The van der Waals surface area contributed by atoms with E-state index in [9.17, 15) is 0 Å². The lowest BCUT2D eigenvalue weighted by atomic mass is 10.1. The minimum atomic E-state index is 0.728. The first-order chi connectivity index (χ1) is 13.2. The highest BCUT2D eigenvalue weighted by molar-refractivity contribution is 5.85. The van der Waals surface area contributed by atoms with E-state index in [0.717, 1.165) is 50.9 Å². The number of nitrogens with zero attached hydrogens (tertiary/aromatic N) is 2. The number of rotatable bonds is 10. The Bertz CT molecular complexity index is 733. The predicted octanol–water partition coefficient (Wildman–Crippen LogP) is 2.48. The van der Waals surface area contributed by atoms with E-state index >= 15 is 0 Å². The van der Waals surface area contributed by atoms with E-state index in [1.54, 1.807) is 21.3 Å². The number of fused-ring (bicyclic) bond motifs is 1. The number of hydrogen-bond acceptors (Lipinski definition) is 4. The summed E-state index contributed by atoms with van der Waals surface area (Å²) in [7, 11) is 7.35. The second-order valence-electron chi connectivity index (χ2n) is 6.55. The third-order valence-corrected chi connectivity index (χ3v) is 4.47. The maximum atomic E-state index is 5.28. The fourth-order valence-corrected chi connectivity index (χ4v) is 2.87. The van der Waals surface area contributed by atoms with Gasteiger partial charge in [0.25, 0.3) is 0 Å². The number of hydrogen-bond donors (Lipinski definition) is 2. The number of guanidine groups is 1. The second kappa shape index (κ2) is 11.4. The molecular weight excluding hydrogens is 340 g/mol. The van der Waals surface area contributed by atoms with Crippen LogP contribution in [-0.2, 0) is 11.3 Å². The summed E-state index contributed by atoms with van der Waals surface area (Å²) in [6, 6.07) is 12.6. The van der Waals surface area contributed by atoms with Gasteiger partial charge < -0.3 is 25.0 Å². The van der Waals surface area contributed by atoms with Crippen molar-refractivity contribution in [3.8, 4) is 5.75 Å². The molecule has 148 valence electrons. The molecule has 0 aliphatic rings. The fraction of sp³-hybridized carbons (Fsp3) is 0.476. The van der Waals surface area contributed by atoms with Crippen LogP contribution in [0.1, 0.15) is 12.0 Å². The topological polar surface area (TPSA) is 58.1 Å². The van der Waals surface area contributed by atoms with Gasteiger partial charge in [0.15, 0.2) is 5.96 Å². The Balaban J connectivity index is 1.79. The van der Waals surface area contributed by atoms with Crippen molar-refractivity contribution in [2.45, 2.75) is 13.0 Å². The summed E-state index contributed by atoms with van der Waals surface area (Å²) in [5.74, 6) is 1.69. The van der Waals surface area contributed by atoms with Crippen LogP contribution in [-0.4, -0.2) is 65.4 Å². The van der Waals surface area contributed by atoms with Crippen LogP contribution in [0.15, 0.2) is 41.4 Å². The molecule has 0 atom stereocenters. The number of ether oxygens (including phenoxy) is 2. The molecule has 0 spiro atoms. The molecular formula is C21H32N4O2. The van der Waals surface area contributed by atoms with Crippen molar-refractivity contribution < 1.29 is 9.47 Å². The molecule has 0 fully saturated rings. The number of nitrogens with one attached hydrogen (secondary N) is 2. The van der Waals surface area contributed by atoms with E-state index in [0.29, 0.717) is 0 Å². The first-order valence-electron chi connectivity index (χ1n) is 9.35. The molecule has 0 amide bonds. The molecule has 2 rings (SSSR count). The Labute approximate surface area is 162 Å². The Morgan fingerprint density at radius 1 is 1.04 bits per heavy atom. The summed E-state index contributed by atoms with van der Waals surface area (Å²) in [4.78, 5) is 6.59. The standard InChI is InChI=1S/C21H32N4O2/c1-22-21(23-10-12-25(2)11-5-13-26-3)24-16-17-6-7-19-15-20(27-4)9-8-18(19)14-17/h6-9,14-15H,5,10-13,16H2,1-4H3,(H2,22,23,24). The van der Waals surface area contributed by atoms with E-state index in [1.807, 2.05) is 6.07 Å². The van der Waals surface area contributed by atoms with Crippen molar-refractivity contribution in [3.63, 3.8) is 0 Å². The molecule has 2 aromatic carbocycles. The molecule has 6 heteroatoms. The highest BCUT2D eigenvalue weighted by Crippen LogP contribution is 2.21. The lowest BCUT2D eigenvalue weighted by molar-refractivity contribution is 0.180. The molecule has 2 N–H and O–H groups in total. The van der Waals surface area contributed by atoms with Crippen molar-refractivity contribution in [2.75, 3.05) is 54.6 Å². The van der Waals surface area contributed by atoms with E-state index in [1.165, 1.54) is 16.3 Å². The van der Waals surface area contributed by atoms with Crippen molar-refractivity contribution in [1.29, 1.82) is 0 Å². The molecule has 0 unspecified atom stereocenters. The molecule has 2 aromatic rings. The molecule has 0 heterocycles. The quantitative estimate of drug-likeness (QED) is 0.381. The molecule has 6 nitrogen and oxygen atoms in total. The van der Waals surface area contributed by atoms with Gasteiger partial charge in [-0.3, -0.25) is 4.99 Å². The maximum Gasteiger partial charge on any atom is 0.191 e. The molecule has 0 aliphatic heterocycles. The first kappa shape index (κ1) is 21.0. The molecule has 27 heavy (non-hydrogen) atoms. The first-order valence-corrected chi connectivity index (χ1v) is 9.35. The zero-order valence-corrected chi connectivity index (χ0v) is 16.9. The van der Waals surface area contributed by atoms with Crippen LogP contribution in [0.3, 0.4) is 0 Å². The predicted molar refractivity (Wildman–Crippen MR) is 113 cm³/mol. The Kier molecular flexibility index (Phi) is 8.87. The van der Waals surface area contributed by atoms with Gasteiger partial charge in [0.05, 0.1) is 7.11 Å². The second-order valence-corrected chi connectivity index (χ2v) is 6.55. The maximum absolute atomic E-state index is 5.28. The average Bonchev–Trinajstić information content (AvgIpc) is 2.70. The monoisotopic (exact) mass is 372 g/mol. The van der Waals surface area contributed by atoms with Gasteiger partial charge in [0.1, 0.15) is 5.75 Å². The van der Waals surface area contributed by atoms with Gasteiger partial charge in [-0.1, -0.05) is 18.2 Å². The molecule has 0 saturated heterocycles. The van der Waals surface area contributed by atoms with Gasteiger partial charge in [-0.2, -0.15) is 0 Å². The number of benzene rings is 2. The van der Waals surface area contributed by atoms with Crippen molar-refractivity contribution >= 4 is 16.7 Å². The minimum absolute atomic E-state index is 0.728. The van der Waals surface area contributed by atoms with E-state index < -0.39 is 0 Å². The Morgan fingerprint density at radius 2 is 1.81 bits per heavy atom. The largest absolute Gasteiger partial charge is 0.497 e. The van der Waals surface area contributed by atoms with Crippen LogP contribution in [0, 0.1) is 0 Å². The summed E-state index contributed by atoms with van der Waals surface area (Å²) in [6.07, 6.45) is 1.05. The fourth-order valence-electron chi connectivity index (χ4n) is 2.87. The average molecular weight is 373 g/mol. The summed E-state index contributed by atoms with van der Waals surface area (Å²) < 4.78 is 10.4. The number of aliphatic imine (C=N–C) groups is 1. The lowest BCUT2D eigenvalue weighted by Gasteiger charge is -2.18. The molecule has 0 saturated carbocycles. The highest BCUT2D eigenvalue weighted by Gasteiger charge is 2.02. The van der Waals surface area contributed by atoms with Crippen LogP contribution in [0.2, 0.25) is 0 Å². The normalized spacial score (nSPS) is 11.8.